The number of amides is 1. The average molecular weight is 412 g/mol. The molecule has 0 radical (unpaired) electrons. The summed E-state index contributed by atoms with van der Waals surface area (Å²) >= 11 is 13.3. The highest BCUT2D eigenvalue weighted by atomic mass is 35.5. The summed E-state index contributed by atoms with van der Waals surface area (Å²) in [4.78, 5) is 24.7. The molecule has 4 nitrogen and oxygen atoms in total. The van der Waals surface area contributed by atoms with Crippen molar-refractivity contribution in [2.75, 3.05) is 12.4 Å². The summed E-state index contributed by atoms with van der Waals surface area (Å²) in [7, 11) is 0. The second-order valence-corrected chi connectivity index (χ2v) is 7.60. The number of hydrogen-bond acceptors (Lipinski definition) is 4. The summed E-state index contributed by atoms with van der Waals surface area (Å²) < 4.78 is 5.01. The second-order valence-electron chi connectivity index (χ2n) is 5.56. The molecule has 0 unspecified atom stereocenters. The highest BCUT2D eigenvalue weighted by Crippen LogP contribution is 2.21. The van der Waals surface area contributed by atoms with Crippen molar-refractivity contribution in [1.82, 2.24) is 5.32 Å². The van der Waals surface area contributed by atoms with Crippen LogP contribution in [0.15, 0.2) is 53.4 Å². The third-order valence-electron chi connectivity index (χ3n) is 3.48. The van der Waals surface area contributed by atoms with E-state index in [9.17, 15) is 9.59 Å². The fourth-order valence-corrected chi connectivity index (χ4v) is 3.30. The molecule has 1 atom stereocenters. The Balaban J connectivity index is 1.66. The van der Waals surface area contributed by atoms with E-state index in [1.165, 1.54) is 11.8 Å². The Labute approximate surface area is 167 Å². The fraction of sp³-hybridized carbons (Fsp3) is 0.263. The number of hydrogen-bond donors (Lipinski definition) is 1. The van der Waals surface area contributed by atoms with Crippen molar-refractivity contribution in [3.8, 4) is 0 Å². The lowest BCUT2D eigenvalue weighted by Crippen LogP contribution is -2.31. The number of halogens is 2. The van der Waals surface area contributed by atoms with Gasteiger partial charge in [0.2, 0.25) is 0 Å². The first-order chi connectivity index (χ1) is 12.4. The van der Waals surface area contributed by atoms with Crippen LogP contribution in [0.5, 0.6) is 0 Å². The molecule has 0 fully saturated rings. The van der Waals surface area contributed by atoms with Crippen molar-refractivity contribution in [2.45, 2.75) is 24.3 Å². The van der Waals surface area contributed by atoms with E-state index in [-0.39, 0.29) is 25.0 Å². The molecule has 138 valence electrons. The lowest BCUT2D eigenvalue weighted by Gasteiger charge is -2.14. The molecule has 0 spiro atoms. The average Bonchev–Trinajstić information content (AvgIpc) is 2.61. The van der Waals surface area contributed by atoms with E-state index in [2.05, 4.69) is 5.32 Å². The van der Waals surface area contributed by atoms with Gasteiger partial charge in [-0.25, -0.2) is 0 Å². The highest BCUT2D eigenvalue weighted by molar-refractivity contribution is 7.99. The molecule has 0 aliphatic heterocycles. The third kappa shape index (κ3) is 7.28. The van der Waals surface area contributed by atoms with Crippen molar-refractivity contribution in [3.05, 3.63) is 64.1 Å². The topological polar surface area (TPSA) is 55.4 Å². The molecule has 7 heteroatoms. The van der Waals surface area contributed by atoms with Gasteiger partial charge in [0.25, 0.3) is 5.91 Å². The molecule has 2 rings (SSSR count). The van der Waals surface area contributed by atoms with Crippen molar-refractivity contribution in [3.63, 3.8) is 0 Å². The predicted molar refractivity (Wildman–Crippen MR) is 106 cm³/mol. The van der Waals surface area contributed by atoms with Gasteiger partial charge in [-0.3, -0.25) is 9.59 Å². The van der Waals surface area contributed by atoms with Crippen molar-refractivity contribution >= 4 is 46.8 Å². The number of carbonyl (C=O) groups is 2. The summed E-state index contributed by atoms with van der Waals surface area (Å²) in [5, 5.41) is 4.05. The van der Waals surface area contributed by atoms with Gasteiger partial charge in [-0.05, 0) is 48.9 Å². The van der Waals surface area contributed by atoms with Crippen LogP contribution in [-0.4, -0.2) is 24.2 Å². The van der Waals surface area contributed by atoms with Crippen molar-refractivity contribution in [2.24, 2.45) is 0 Å². The lowest BCUT2D eigenvalue weighted by atomic mass is 10.1. The van der Waals surface area contributed by atoms with Gasteiger partial charge in [0, 0.05) is 20.7 Å². The first kappa shape index (κ1) is 20.6. The molecule has 0 bridgehead atoms. The van der Waals surface area contributed by atoms with Crippen molar-refractivity contribution in [1.29, 1.82) is 0 Å². The van der Waals surface area contributed by atoms with Gasteiger partial charge < -0.3 is 10.1 Å². The Bertz CT molecular complexity index is 753. The normalized spacial score (nSPS) is 11.7. The van der Waals surface area contributed by atoms with E-state index in [0.29, 0.717) is 15.8 Å². The molecule has 0 saturated carbocycles. The number of ether oxygens (including phenoxy) is 1. The zero-order chi connectivity index (χ0) is 18.9. The molecular formula is C19H19Cl2NO3S. The van der Waals surface area contributed by atoms with Crippen LogP contribution in [0.2, 0.25) is 10.0 Å². The maximum absolute atomic E-state index is 11.9. The minimum Gasteiger partial charge on any atom is -0.456 e. The van der Waals surface area contributed by atoms with Gasteiger partial charge >= 0.3 is 5.97 Å². The first-order valence-corrected chi connectivity index (χ1v) is 9.77. The molecule has 0 saturated heterocycles. The zero-order valence-electron chi connectivity index (χ0n) is 14.2. The van der Waals surface area contributed by atoms with E-state index >= 15 is 0 Å². The fourth-order valence-electron chi connectivity index (χ4n) is 2.14. The Morgan fingerprint density at radius 2 is 1.85 bits per heavy atom. The van der Waals surface area contributed by atoms with Crippen LogP contribution in [0, 0.1) is 0 Å². The summed E-state index contributed by atoms with van der Waals surface area (Å²) in [6.07, 6.45) is 0.227. The van der Waals surface area contributed by atoms with E-state index in [4.69, 9.17) is 27.9 Å². The summed E-state index contributed by atoms with van der Waals surface area (Å²) in [6, 6.07) is 14.4. The molecule has 2 aromatic carbocycles. The predicted octanol–water partition coefficient (Wildman–Crippen LogP) is 4.90. The second kappa shape index (κ2) is 10.5. The van der Waals surface area contributed by atoms with Crippen molar-refractivity contribution < 1.29 is 14.3 Å². The number of carbonyl (C=O) groups excluding carboxylic acids is 2. The van der Waals surface area contributed by atoms with E-state index in [1.807, 2.05) is 31.2 Å². The van der Waals surface area contributed by atoms with Crippen LogP contribution in [-0.2, 0) is 14.3 Å². The monoisotopic (exact) mass is 411 g/mol. The van der Waals surface area contributed by atoms with Gasteiger partial charge in [-0.1, -0.05) is 35.3 Å². The lowest BCUT2D eigenvalue weighted by molar-refractivity contribution is -0.148. The van der Waals surface area contributed by atoms with E-state index < -0.39 is 5.97 Å². The molecule has 2 aromatic rings. The zero-order valence-corrected chi connectivity index (χ0v) is 16.5. The highest BCUT2D eigenvalue weighted by Gasteiger charge is 2.12. The molecule has 0 aliphatic rings. The SMILES string of the molecule is C[C@@H](NC(=O)COC(=O)CCSc1ccc(Cl)cc1)c1cccc(Cl)c1. The molecular weight excluding hydrogens is 393 g/mol. The Kier molecular flexibility index (Phi) is 8.29. The van der Waals surface area contributed by atoms with Gasteiger partial charge in [0.05, 0.1) is 12.5 Å². The molecule has 26 heavy (non-hydrogen) atoms. The van der Waals surface area contributed by atoms with Gasteiger partial charge in [-0.2, -0.15) is 0 Å². The minimum absolute atomic E-state index is 0.222. The van der Waals surface area contributed by atoms with Crippen LogP contribution in [0.1, 0.15) is 24.9 Å². The standard InChI is InChI=1S/C19H19Cl2NO3S/c1-13(14-3-2-4-16(21)11-14)22-18(23)12-25-19(24)9-10-26-17-7-5-15(20)6-8-17/h2-8,11,13H,9-10,12H2,1H3,(H,22,23)/t13-/m1/s1. The summed E-state index contributed by atoms with van der Waals surface area (Å²) in [5.74, 6) is -0.186. The van der Waals surface area contributed by atoms with E-state index in [1.54, 1.807) is 24.3 Å². The van der Waals surface area contributed by atoms with Gasteiger partial charge in [0.15, 0.2) is 6.61 Å². The Morgan fingerprint density at radius 3 is 2.54 bits per heavy atom. The van der Waals surface area contributed by atoms with Crippen LogP contribution >= 0.6 is 35.0 Å². The van der Waals surface area contributed by atoms with Crippen LogP contribution in [0.4, 0.5) is 0 Å². The quantitative estimate of drug-likeness (QED) is 0.495. The van der Waals surface area contributed by atoms with Crippen LogP contribution in [0.3, 0.4) is 0 Å². The Morgan fingerprint density at radius 1 is 1.12 bits per heavy atom. The van der Waals surface area contributed by atoms with Crippen LogP contribution < -0.4 is 5.32 Å². The van der Waals surface area contributed by atoms with E-state index in [0.717, 1.165) is 10.5 Å². The molecule has 1 N–H and O–H groups in total. The maximum Gasteiger partial charge on any atom is 0.307 e. The Hall–Kier alpha value is -1.69. The van der Waals surface area contributed by atoms with Gasteiger partial charge in [0.1, 0.15) is 0 Å². The summed E-state index contributed by atoms with van der Waals surface area (Å²) in [5.41, 5.74) is 0.886. The first-order valence-electron chi connectivity index (χ1n) is 8.03. The summed E-state index contributed by atoms with van der Waals surface area (Å²) in [6.45, 7) is 1.55. The molecule has 0 heterocycles. The molecule has 0 aromatic heterocycles. The number of rotatable bonds is 8. The van der Waals surface area contributed by atoms with Crippen LogP contribution in [0.25, 0.3) is 0 Å². The minimum atomic E-state index is -0.406. The largest absolute Gasteiger partial charge is 0.456 e. The maximum atomic E-state index is 11.9. The smallest absolute Gasteiger partial charge is 0.307 e. The molecule has 0 aliphatic carbocycles. The number of thioether (sulfide) groups is 1. The number of nitrogens with one attached hydrogen (secondary N) is 1. The molecule has 1 amide bonds. The number of esters is 1. The number of benzene rings is 2. The van der Waals surface area contributed by atoms with Gasteiger partial charge in [-0.15, -0.1) is 11.8 Å². The third-order valence-corrected chi connectivity index (χ3v) is 4.98.